The monoisotopic (exact) mass is 323 g/mol. The minimum absolute atomic E-state index is 0.00792. The van der Waals surface area contributed by atoms with Gasteiger partial charge in [-0.25, -0.2) is 13.2 Å². The molecule has 1 aromatic rings. The number of thiophene rings is 1. The summed E-state index contributed by atoms with van der Waals surface area (Å²) in [6, 6.07) is 0. The molecule has 0 spiro atoms. The van der Waals surface area contributed by atoms with Crippen molar-refractivity contribution in [2.45, 2.75) is 19.3 Å². The highest BCUT2D eigenvalue weighted by Gasteiger charge is 2.28. The van der Waals surface area contributed by atoms with Crippen LogP contribution in [0, 0.1) is 0 Å². The highest BCUT2D eigenvalue weighted by atomic mass is 35.5. The predicted octanol–water partition coefficient (Wildman–Crippen LogP) is 2.00. The fourth-order valence-electron chi connectivity index (χ4n) is 2.09. The van der Waals surface area contributed by atoms with Gasteiger partial charge in [0.25, 0.3) is 0 Å². The third-order valence-electron chi connectivity index (χ3n) is 2.90. The van der Waals surface area contributed by atoms with Gasteiger partial charge in [0.05, 0.1) is 18.4 Å². The molecule has 5 nitrogen and oxygen atoms in total. The zero-order valence-corrected chi connectivity index (χ0v) is 12.8. The van der Waals surface area contributed by atoms with Crippen molar-refractivity contribution >= 4 is 43.9 Å². The van der Waals surface area contributed by atoms with Gasteiger partial charge >= 0.3 is 5.97 Å². The van der Waals surface area contributed by atoms with Gasteiger partial charge in [-0.05, 0) is 24.8 Å². The molecular weight excluding hydrogens is 310 g/mol. The maximum atomic E-state index is 11.8. The minimum Gasteiger partial charge on any atom is -0.465 e. The molecule has 0 amide bonds. The summed E-state index contributed by atoms with van der Waals surface area (Å²) in [6.07, 6.45) is 2.65. The maximum absolute atomic E-state index is 11.8. The van der Waals surface area contributed by atoms with Crippen LogP contribution in [-0.2, 0) is 27.6 Å². The second-order valence-electron chi connectivity index (χ2n) is 4.16. The molecule has 0 unspecified atom stereocenters. The Kier molecular flexibility index (Phi) is 4.37. The van der Waals surface area contributed by atoms with E-state index in [2.05, 4.69) is 4.72 Å². The Labute approximate surface area is 121 Å². The van der Waals surface area contributed by atoms with Crippen LogP contribution >= 0.6 is 22.9 Å². The molecule has 1 aromatic heterocycles. The van der Waals surface area contributed by atoms with Crippen molar-refractivity contribution < 1.29 is 17.9 Å². The molecule has 0 bridgehead atoms. The summed E-state index contributed by atoms with van der Waals surface area (Å²) in [5, 5.41) is 0.349. The third-order valence-corrected chi connectivity index (χ3v) is 5.91. The number of nitrogens with one attached hydrogen (secondary N) is 1. The number of aryl methyl sites for hydroxylation is 1. The van der Waals surface area contributed by atoms with E-state index in [0.29, 0.717) is 10.6 Å². The Balaban J connectivity index is 2.38. The van der Waals surface area contributed by atoms with E-state index in [0.717, 1.165) is 29.7 Å². The Morgan fingerprint density at radius 3 is 2.84 bits per heavy atom. The number of rotatable bonds is 5. The highest BCUT2D eigenvalue weighted by Crippen LogP contribution is 2.39. The second kappa shape index (κ2) is 5.68. The van der Waals surface area contributed by atoms with Gasteiger partial charge < -0.3 is 4.74 Å². The number of carbonyl (C=O) groups excluding carboxylic acids is 1. The molecule has 1 N–H and O–H groups in total. The molecule has 1 aliphatic carbocycles. The number of carbonyl (C=O) groups is 1. The lowest BCUT2D eigenvalue weighted by atomic mass is 10.1. The molecule has 1 aliphatic rings. The van der Waals surface area contributed by atoms with Crippen molar-refractivity contribution in [2.24, 2.45) is 0 Å². The van der Waals surface area contributed by atoms with E-state index >= 15 is 0 Å². The average molecular weight is 324 g/mol. The summed E-state index contributed by atoms with van der Waals surface area (Å²) >= 11 is 6.76. The summed E-state index contributed by atoms with van der Waals surface area (Å²) in [6.45, 7) is 0. The van der Waals surface area contributed by atoms with Crippen LogP contribution in [0.15, 0.2) is 0 Å². The molecule has 106 valence electrons. The Morgan fingerprint density at radius 2 is 2.21 bits per heavy atom. The second-order valence-corrected chi connectivity index (χ2v) is 7.49. The molecular formula is C11H14ClNO4S2. The van der Waals surface area contributed by atoms with Crippen LogP contribution in [0.5, 0.6) is 0 Å². The van der Waals surface area contributed by atoms with Crippen molar-refractivity contribution in [2.75, 3.05) is 23.5 Å². The van der Waals surface area contributed by atoms with E-state index in [9.17, 15) is 13.2 Å². The lowest BCUT2D eigenvalue weighted by Crippen LogP contribution is -2.18. The molecule has 0 atom stereocenters. The van der Waals surface area contributed by atoms with E-state index in [1.54, 1.807) is 0 Å². The van der Waals surface area contributed by atoms with Crippen molar-refractivity contribution in [1.82, 2.24) is 0 Å². The van der Waals surface area contributed by atoms with Crippen LogP contribution in [-0.4, -0.2) is 33.1 Å². The number of halogens is 1. The lowest BCUT2D eigenvalue weighted by Gasteiger charge is -2.07. The van der Waals surface area contributed by atoms with Gasteiger partial charge in [-0.3, -0.25) is 4.72 Å². The molecule has 0 radical (unpaired) electrons. The van der Waals surface area contributed by atoms with Crippen LogP contribution < -0.4 is 4.72 Å². The third kappa shape index (κ3) is 3.04. The number of esters is 1. The zero-order chi connectivity index (χ0) is 14.0. The minimum atomic E-state index is -3.52. The normalized spacial score (nSPS) is 14.2. The molecule has 0 aliphatic heterocycles. The van der Waals surface area contributed by atoms with Crippen molar-refractivity contribution in [3.8, 4) is 0 Å². The van der Waals surface area contributed by atoms with Crippen molar-refractivity contribution in [3.05, 3.63) is 16.0 Å². The van der Waals surface area contributed by atoms with E-state index in [4.69, 9.17) is 16.3 Å². The molecule has 2 rings (SSSR count). The van der Waals surface area contributed by atoms with E-state index in [-0.39, 0.29) is 11.6 Å². The largest absolute Gasteiger partial charge is 0.465 e. The first-order valence-corrected chi connectivity index (χ1v) is 8.78. The summed E-state index contributed by atoms with van der Waals surface area (Å²) in [4.78, 5) is 12.9. The molecule has 19 heavy (non-hydrogen) atoms. The summed E-state index contributed by atoms with van der Waals surface area (Å²) in [7, 11) is -2.23. The first-order chi connectivity index (χ1) is 8.98. The molecule has 1 heterocycles. The van der Waals surface area contributed by atoms with Gasteiger partial charge in [-0.15, -0.1) is 22.9 Å². The van der Waals surface area contributed by atoms with Gasteiger partial charge in [-0.2, -0.15) is 0 Å². The number of anilines is 1. The lowest BCUT2D eigenvalue weighted by molar-refractivity contribution is 0.0601. The average Bonchev–Trinajstić information content (AvgIpc) is 2.87. The quantitative estimate of drug-likeness (QED) is 0.664. The van der Waals surface area contributed by atoms with E-state index in [1.807, 2.05) is 0 Å². The van der Waals surface area contributed by atoms with Crippen LogP contribution in [0.1, 0.15) is 27.2 Å². The Hall–Kier alpha value is -0.790. The number of fused-ring (bicyclic) bond motifs is 1. The van der Waals surface area contributed by atoms with Gasteiger partial charge in [0.1, 0.15) is 5.00 Å². The van der Waals surface area contributed by atoms with Gasteiger partial charge in [0.2, 0.25) is 10.0 Å². The standard InChI is InChI=1S/C11H14ClNO4S2/c1-17-11(14)9-7-3-2-4-8(7)18-10(9)13-19(15,16)6-5-12/h13H,2-6H2,1H3. The predicted molar refractivity (Wildman–Crippen MR) is 75.8 cm³/mol. The fourth-order valence-corrected chi connectivity index (χ4v) is 5.06. The summed E-state index contributed by atoms with van der Waals surface area (Å²) in [5.74, 6) is -0.672. The first-order valence-electron chi connectivity index (χ1n) is 5.78. The maximum Gasteiger partial charge on any atom is 0.341 e. The number of alkyl halides is 1. The van der Waals surface area contributed by atoms with Crippen molar-refractivity contribution in [1.29, 1.82) is 0 Å². The fraction of sp³-hybridized carbons (Fsp3) is 0.545. The highest BCUT2D eigenvalue weighted by molar-refractivity contribution is 7.93. The van der Waals surface area contributed by atoms with Crippen LogP contribution in [0.3, 0.4) is 0 Å². The van der Waals surface area contributed by atoms with Crippen molar-refractivity contribution in [3.63, 3.8) is 0 Å². The number of hydrogen-bond acceptors (Lipinski definition) is 5. The van der Waals surface area contributed by atoms with E-state index in [1.165, 1.54) is 18.4 Å². The van der Waals surface area contributed by atoms with Gasteiger partial charge in [0.15, 0.2) is 0 Å². The van der Waals surface area contributed by atoms with Gasteiger partial charge in [-0.1, -0.05) is 0 Å². The molecule has 0 saturated heterocycles. The first kappa shape index (κ1) is 14.6. The zero-order valence-electron chi connectivity index (χ0n) is 10.4. The number of ether oxygens (including phenoxy) is 1. The van der Waals surface area contributed by atoms with Crippen LogP contribution in [0.2, 0.25) is 0 Å². The Bertz CT molecular complexity index is 594. The number of hydrogen-bond donors (Lipinski definition) is 1. The summed E-state index contributed by atoms with van der Waals surface area (Å²) in [5.41, 5.74) is 1.28. The summed E-state index contributed by atoms with van der Waals surface area (Å²) < 4.78 is 30.7. The van der Waals surface area contributed by atoms with Crippen LogP contribution in [0.25, 0.3) is 0 Å². The van der Waals surface area contributed by atoms with Gasteiger partial charge in [0, 0.05) is 10.8 Å². The Morgan fingerprint density at radius 1 is 1.47 bits per heavy atom. The number of sulfonamides is 1. The van der Waals surface area contributed by atoms with Crippen LogP contribution in [0.4, 0.5) is 5.00 Å². The smallest absolute Gasteiger partial charge is 0.341 e. The molecule has 0 fully saturated rings. The molecule has 0 aromatic carbocycles. The van der Waals surface area contributed by atoms with E-state index < -0.39 is 16.0 Å². The topological polar surface area (TPSA) is 72.5 Å². The molecule has 8 heteroatoms. The SMILES string of the molecule is COC(=O)c1c(NS(=O)(=O)CCCl)sc2c1CCC2. The number of methoxy groups -OCH3 is 1. The molecule has 0 saturated carbocycles.